The summed E-state index contributed by atoms with van der Waals surface area (Å²) in [6.45, 7) is 6.14. The molecular weight excluding hydrogens is 542 g/mol. The number of carbonyl (C=O) groups is 2. The average Bonchev–Trinajstić information content (AvgIpc) is 3.03. The molecule has 43 heavy (non-hydrogen) atoms. The van der Waals surface area contributed by atoms with Crippen LogP contribution in [0, 0.1) is 0 Å². The molecule has 1 N–H and O–H groups in total. The van der Waals surface area contributed by atoms with Crippen LogP contribution in [0.1, 0.15) is 68.6 Å². The number of Topliss-reactive ketones (excluding diaryl/α,β-unsaturated/α-hetero) is 1. The van der Waals surface area contributed by atoms with Crippen molar-refractivity contribution in [2.24, 2.45) is 0 Å². The number of rotatable bonds is 10. The molecule has 0 aromatic heterocycles. The lowest BCUT2D eigenvalue weighted by atomic mass is 9.71. The third-order valence-electron chi connectivity index (χ3n) is 8.25. The van der Waals surface area contributed by atoms with Gasteiger partial charge < -0.3 is 24.3 Å². The van der Waals surface area contributed by atoms with Gasteiger partial charge in [0, 0.05) is 29.3 Å². The van der Waals surface area contributed by atoms with Crippen molar-refractivity contribution in [3.63, 3.8) is 0 Å². The van der Waals surface area contributed by atoms with Crippen LogP contribution in [0.2, 0.25) is 0 Å². The molecule has 1 aliphatic heterocycles. The first-order chi connectivity index (χ1) is 20.8. The molecule has 3 aromatic rings. The lowest BCUT2D eigenvalue weighted by molar-refractivity contribution is -0.144. The van der Waals surface area contributed by atoms with E-state index in [2.05, 4.69) is 5.32 Å². The van der Waals surface area contributed by atoms with E-state index in [9.17, 15) is 9.59 Å². The van der Waals surface area contributed by atoms with Crippen molar-refractivity contribution in [2.75, 3.05) is 14.2 Å². The first kappa shape index (κ1) is 30.0. The quantitative estimate of drug-likeness (QED) is 0.259. The molecule has 224 valence electrons. The molecule has 0 amide bonds. The number of ketones is 1. The van der Waals surface area contributed by atoms with Gasteiger partial charge in [-0.2, -0.15) is 0 Å². The van der Waals surface area contributed by atoms with Crippen molar-refractivity contribution < 1.29 is 28.5 Å². The summed E-state index contributed by atoms with van der Waals surface area (Å²) in [5.74, 6) is 0.882. The minimum atomic E-state index is -0.577. The predicted octanol–water partition coefficient (Wildman–Crippen LogP) is 6.99. The summed E-state index contributed by atoms with van der Waals surface area (Å²) in [5, 5.41) is 3.43. The molecule has 0 saturated carbocycles. The lowest BCUT2D eigenvalue weighted by Crippen LogP contribution is -2.36. The number of benzene rings is 3. The summed E-state index contributed by atoms with van der Waals surface area (Å²) in [5.41, 5.74) is 5.44. The number of ether oxygens (including phenoxy) is 4. The normalized spacial score (nSPS) is 18.9. The van der Waals surface area contributed by atoms with Gasteiger partial charge in [0.1, 0.15) is 12.4 Å². The van der Waals surface area contributed by atoms with Gasteiger partial charge in [-0.3, -0.25) is 4.79 Å². The molecule has 0 spiro atoms. The van der Waals surface area contributed by atoms with Crippen LogP contribution in [0.3, 0.4) is 0 Å². The Morgan fingerprint density at radius 3 is 2.42 bits per heavy atom. The molecular formula is C36H39NO6. The lowest BCUT2D eigenvalue weighted by Gasteiger charge is -2.37. The van der Waals surface area contributed by atoms with E-state index < -0.39 is 11.9 Å². The smallest absolute Gasteiger partial charge is 0.337 e. The van der Waals surface area contributed by atoms with Gasteiger partial charge in [0.15, 0.2) is 17.3 Å². The van der Waals surface area contributed by atoms with Gasteiger partial charge in [0.05, 0.1) is 25.9 Å². The molecule has 0 unspecified atom stereocenters. The highest BCUT2D eigenvalue weighted by Crippen LogP contribution is 2.47. The van der Waals surface area contributed by atoms with Gasteiger partial charge in [-0.1, -0.05) is 55.5 Å². The standard InChI is InChI=1S/C36H39NO6/c1-6-22(2)43-36(39)33-23(3)37-29-18-27(25-15-16-31(40-4)32(20-25)41-5)19-30(38)35(29)34(33)26-13-10-14-28(17-26)42-21-24-11-8-7-9-12-24/h7-17,20,22,27,34,37H,6,18-19,21H2,1-5H3/t22-,27-,34+/m0/s1. The van der Waals surface area contributed by atoms with E-state index in [0.29, 0.717) is 60.0 Å². The van der Waals surface area contributed by atoms with Crippen LogP contribution in [0.25, 0.3) is 0 Å². The zero-order valence-electron chi connectivity index (χ0n) is 25.4. The van der Waals surface area contributed by atoms with Crippen LogP contribution < -0.4 is 19.5 Å². The maximum atomic E-state index is 14.1. The first-order valence-corrected chi connectivity index (χ1v) is 14.8. The Morgan fingerprint density at radius 1 is 0.930 bits per heavy atom. The summed E-state index contributed by atoms with van der Waals surface area (Å²) in [6.07, 6.45) is 1.37. The van der Waals surface area contributed by atoms with Crippen molar-refractivity contribution in [1.29, 1.82) is 0 Å². The zero-order chi connectivity index (χ0) is 30.5. The highest BCUT2D eigenvalue weighted by Gasteiger charge is 2.42. The molecule has 3 aromatic carbocycles. The highest BCUT2D eigenvalue weighted by atomic mass is 16.5. The Labute approximate surface area is 253 Å². The molecule has 0 fully saturated rings. The largest absolute Gasteiger partial charge is 0.493 e. The molecule has 3 atom stereocenters. The number of methoxy groups -OCH3 is 2. The first-order valence-electron chi connectivity index (χ1n) is 14.8. The minimum absolute atomic E-state index is 0.00418. The second-order valence-electron chi connectivity index (χ2n) is 11.1. The maximum absolute atomic E-state index is 14.1. The van der Waals surface area contributed by atoms with Gasteiger partial charge in [-0.05, 0) is 73.6 Å². The zero-order valence-corrected chi connectivity index (χ0v) is 25.4. The molecule has 7 nitrogen and oxygen atoms in total. The molecule has 5 rings (SSSR count). The Bertz CT molecular complexity index is 1560. The minimum Gasteiger partial charge on any atom is -0.493 e. The fourth-order valence-electron chi connectivity index (χ4n) is 5.84. The van der Waals surface area contributed by atoms with Crippen LogP contribution in [-0.4, -0.2) is 32.1 Å². The van der Waals surface area contributed by atoms with E-state index in [0.717, 1.165) is 22.4 Å². The van der Waals surface area contributed by atoms with Crippen LogP contribution in [0.4, 0.5) is 0 Å². The van der Waals surface area contributed by atoms with E-state index in [1.807, 2.05) is 93.6 Å². The van der Waals surface area contributed by atoms with Crippen LogP contribution in [0.5, 0.6) is 17.2 Å². The number of nitrogens with one attached hydrogen (secondary N) is 1. The number of allylic oxidation sites excluding steroid dienone is 3. The topological polar surface area (TPSA) is 83.1 Å². The summed E-state index contributed by atoms with van der Waals surface area (Å²) >= 11 is 0. The van der Waals surface area contributed by atoms with Crippen molar-refractivity contribution in [1.82, 2.24) is 5.32 Å². The van der Waals surface area contributed by atoms with Crippen LogP contribution in [-0.2, 0) is 20.9 Å². The number of hydrogen-bond acceptors (Lipinski definition) is 7. The maximum Gasteiger partial charge on any atom is 0.337 e. The van der Waals surface area contributed by atoms with E-state index in [-0.39, 0.29) is 17.8 Å². The Hall–Kier alpha value is -4.52. The molecule has 0 radical (unpaired) electrons. The van der Waals surface area contributed by atoms with Gasteiger partial charge >= 0.3 is 5.97 Å². The van der Waals surface area contributed by atoms with Gasteiger partial charge in [0.2, 0.25) is 0 Å². The third-order valence-corrected chi connectivity index (χ3v) is 8.25. The molecule has 0 bridgehead atoms. The molecule has 7 heteroatoms. The number of dihydropyridines is 1. The van der Waals surface area contributed by atoms with Gasteiger partial charge in [-0.25, -0.2) is 4.79 Å². The summed E-state index contributed by atoms with van der Waals surface area (Å²) in [7, 11) is 3.21. The average molecular weight is 582 g/mol. The SMILES string of the molecule is CC[C@H](C)OC(=O)C1=C(C)NC2=C(C(=O)C[C@@H](c3ccc(OC)c(OC)c3)C2)[C@@H]1c1cccc(OCc2ccccc2)c1. The highest BCUT2D eigenvalue weighted by molar-refractivity contribution is 6.04. The summed E-state index contributed by atoms with van der Waals surface area (Å²) in [4.78, 5) is 27.7. The Morgan fingerprint density at radius 2 is 1.70 bits per heavy atom. The third kappa shape index (κ3) is 6.46. The summed E-state index contributed by atoms with van der Waals surface area (Å²) in [6, 6.07) is 23.4. The molecule has 2 aliphatic rings. The number of esters is 1. The van der Waals surface area contributed by atoms with E-state index in [4.69, 9.17) is 18.9 Å². The Kier molecular flexibility index (Phi) is 9.19. The van der Waals surface area contributed by atoms with Gasteiger partial charge in [-0.15, -0.1) is 0 Å². The molecule has 1 heterocycles. The van der Waals surface area contributed by atoms with Crippen LogP contribution >= 0.6 is 0 Å². The van der Waals surface area contributed by atoms with Crippen molar-refractivity contribution in [3.8, 4) is 17.2 Å². The predicted molar refractivity (Wildman–Crippen MR) is 165 cm³/mol. The molecule has 1 aliphatic carbocycles. The number of carbonyl (C=O) groups excluding carboxylic acids is 2. The second kappa shape index (κ2) is 13.2. The van der Waals surface area contributed by atoms with E-state index in [1.54, 1.807) is 14.2 Å². The number of hydrogen-bond donors (Lipinski definition) is 1. The van der Waals surface area contributed by atoms with Gasteiger partial charge in [0.25, 0.3) is 0 Å². The van der Waals surface area contributed by atoms with Crippen molar-refractivity contribution in [2.45, 2.75) is 64.6 Å². The van der Waals surface area contributed by atoms with E-state index >= 15 is 0 Å². The monoisotopic (exact) mass is 581 g/mol. The van der Waals surface area contributed by atoms with Crippen molar-refractivity contribution in [3.05, 3.63) is 112 Å². The van der Waals surface area contributed by atoms with E-state index in [1.165, 1.54) is 0 Å². The van der Waals surface area contributed by atoms with Crippen molar-refractivity contribution >= 4 is 11.8 Å². The summed E-state index contributed by atoms with van der Waals surface area (Å²) < 4.78 is 22.9. The molecule has 0 saturated heterocycles. The Balaban J connectivity index is 1.52. The second-order valence-corrected chi connectivity index (χ2v) is 11.1. The van der Waals surface area contributed by atoms with Crippen LogP contribution in [0.15, 0.2) is 95.3 Å². The fraction of sp³-hybridized carbons (Fsp3) is 0.333. The fourth-order valence-corrected chi connectivity index (χ4v) is 5.84.